The minimum Gasteiger partial charge on any atom is -0.481 e. The van der Waals surface area contributed by atoms with Crippen LogP contribution in [0.2, 0.25) is 0 Å². The summed E-state index contributed by atoms with van der Waals surface area (Å²) in [6.07, 6.45) is 2.03. The van der Waals surface area contributed by atoms with Crippen LogP contribution < -0.4 is 0 Å². The summed E-state index contributed by atoms with van der Waals surface area (Å²) in [6, 6.07) is 13.5. The SMILES string of the molecule is CCCC.O=C(O)CC(=O)OCc1cccc2ccccc12. The number of carbonyl (C=O) groups is 2. The normalized spacial score (nSPS) is 9.73. The number of hydrogen-bond donors (Lipinski definition) is 1. The van der Waals surface area contributed by atoms with E-state index in [1.54, 1.807) is 0 Å². The maximum atomic E-state index is 11.2. The van der Waals surface area contributed by atoms with Gasteiger partial charge in [-0.1, -0.05) is 69.2 Å². The highest BCUT2D eigenvalue weighted by Gasteiger charge is 2.09. The molecule has 0 aliphatic carbocycles. The minimum atomic E-state index is -1.18. The molecule has 118 valence electrons. The summed E-state index contributed by atoms with van der Waals surface area (Å²) >= 11 is 0. The van der Waals surface area contributed by atoms with Crippen LogP contribution in [0.15, 0.2) is 42.5 Å². The molecule has 0 heterocycles. The average molecular weight is 302 g/mol. The lowest BCUT2D eigenvalue weighted by atomic mass is 10.1. The first-order chi connectivity index (χ1) is 10.6. The topological polar surface area (TPSA) is 63.6 Å². The van der Waals surface area contributed by atoms with Crippen molar-refractivity contribution in [3.05, 3.63) is 48.0 Å². The summed E-state index contributed by atoms with van der Waals surface area (Å²) in [5.41, 5.74) is 0.867. The number of rotatable bonds is 5. The Morgan fingerprint density at radius 3 is 2.27 bits per heavy atom. The Bertz CT molecular complexity index is 612. The van der Waals surface area contributed by atoms with Crippen molar-refractivity contribution in [1.29, 1.82) is 0 Å². The Morgan fingerprint density at radius 2 is 1.64 bits per heavy atom. The first kappa shape index (κ1) is 17.7. The van der Waals surface area contributed by atoms with Crippen LogP contribution >= 0.6 is 0 Å². The van der Waals surface area contributed by atoms with Crippen LogP contribution in [0, 0.1) is 0 Å². The van der Waals surface area contributed by atoms with Gasteiger partial charge in [-0.05, 0) is 16.3 Å². The van der Waals surface area contributed by atoms with E-state index in [0.29, 0.717) is 0 Å². The van der Waals surface area contributed by atoms with Gasteiger partial charge in [0, 0.05) is 0 Å². The Kier molecular flexibility index (Phi) is 7.68. The van der Waals surface area contributed by atoms with Crippen molar-refractivity contribution >= 4 is 22.7 Å². The zero-order valence-electron chi connectivity index (χ0n) is 13.0. The van der Waals surface area contributed by atoms with Crippen molar-refractivity contribution in [3.8, 4) is 0 Å². The number of carboxylic acid groups (broad SMARTS) is 1. The molecule has 4 nitrogen and oxygen atoms in total. The predicted molar refractivity (Wildman–Crippen MR) is 86.6 cm³/mol. The van der Waals surface area contributed by atoms with Crippen molar-refractivity contribution in [2.24, 2.45) is 0 Å². The Hall–Kier alpha value is -2.36. The number of unbranched alkanes of at least 4 members (excludes halogenated alkanes) is 1. The molecule has 0 atom stereocenters. The molecule has 0 unspecified atom stereocenters. The molecule has 0 fully saturated rings. The summed E-state index contributed by atoms with van der Waals surface area (Å²) in [5.74, 6) is -1.91. The fraction of sp³-hybridized carbons (Fsp3) is 0.333. The van der Waals surface area contributed by atoms with Gasteiger partial charge in [-0.2, -0.15) is 0 Å². The van der Waals surface area contributed by atoms with Crippen LogP contribution in [0.1, 0.15) is 38.7 Å². The molecule has 0 radical (unpaired) electrons. The van der Waals surface area contributed by atoms with Crippen molar-refractivity contribution in [2.45, 2.75) is 39.7 Å². The molecule has 0 aromatic heterocycles. The van der Waals surface area contributed by atoms with E-state index in [9.17, 15) is 9.59 Å². The number of fused-ring (bicyclic) bond motifs is 1. The highest BCUT2D eigenvalue weighted by molar-refractivity contribution is 5.90. The lowest BCUT2D eigenvalue weighted by Crippen LogP contribution is -2.10. The molecule has 1 N–H and O–H groups in total. The molecule has 2 aromatic rings. The molecule has 0 amide bonds. The van der Waals surface area contributed by atoms with E-state index in [1.165, 1.54) is 12.8 Å². The number of carboxylic acids is 1. The monoisotopic (exact) mass is 302 g/mol. The van der Waals surface area contributed by atoms with Gasteiger partial charge in [-0.25, -0.2) is 0 Å². The Labute approximate surface area is 130 Å². The Morgan fingerprint density at radius 1 is 1.00 bits per heavy atom. The van der Waals surface area contributed by atoms with Gasteiger partial charge in [-0.3, -0.25) is 9.59 Å². The third kappa shape index (κ3) is 5.95. The largest absolute Gasteiger partial charge is 0.481 e. The molecule has 0 aliphatic rings. The van der Waals surface area contributed by atoms with Crippen molar-refractivity contribution in [3.63, 3.8) is 0 Å². The molecule has 22 heavy (non-hydrogen) atoms. The molecule has 2 rings (SSSR count). The lowest BCUT2D eigenvalue weighted by molar-refractivity contribution is -0.152. The van der Waals surface area contributed by atoms with E-state index in [1.807, 2.05) is 42.5 Å². The Balaban J connectivity index is 0.000000541. The molecule has 0 spiro atoms. The van der Waals surface area contributed by atoms with Gasteiger partial charge in [0.05, 0.1) is 0 Å². The maximum absolute atomic E-state index is 11.2. The second kappa shape index (κ2) is 9.55. The van der Waals surface area contributed by atoms with Crippen LogP contribution in [0.3, 0.4) is 0 Å². The van der Waals surface area contributed by atoms with Gasteiger partial charge in [-0.15, -0.1) is 0 Å². The molecule has 0 aliphatic heterocycles. The van der Waals surface area contributed by atoms with E-state index in [2.05, 4.69) is 13.8 Å². The smallest absolute Gasteiger partial charge is 0.317 e. The van der Waals surface area contributed by atoms with E-state index in [-0.39, 0.29) is 6.61 Å². The van der Waals surface area contributed by atoms with Gasteiger partial charge >= 0.3 is 11.9 Å². The zero-order chi connectivity index (χ0) is 16.4. The molecule has 2 aromatic carbocycles. The number of ether oxygens (including phenoxy) is 1. The van der Waals surface area contributed by atoms with E-state index >= 15 is 0 Å². The second-order valence-corrected chi connectivity index (χ2v) is 4.87. The summed E-state index contributed by atoms with van der Waals surface area (Å²) in [4.78, 5) is 21.5. The van der Waals surface area contributed by atoms with Crippen molar-refractivity contribution in [2.75, 3.05) is 0 Å². The van der Waals surface area contributed by atoms with Crippen LogP contribution in [0.5, 0.6) is 0 Å². The van der Waals surface area contributed by atoms with Gasteiger partial charge in [0.15, 0.2) is 0 Å². The standard InChI is InChI=1S/C14H12O4.C4H10/c15-13(16)8-14(17)18-9-11-6-3-5-10-4-1-2-7-12(10)11;1-3-4-2/h1-7H,8-9H2,(H,15,16);3-4H2,1-2H3. The highest BCUT2D eigenvalue weighted by Crippen LogP contribution is 2.19. The molecule has 4 heteroatoms. The van der Waals surface area contributed by atoms with Crippen molar-refractivity contribution in [1.82, 2.24) is 0 Å². The van der Waals surface area contributed by atoms with Crippen LogP contribution in [-0.4, -0.2) is 17.0 Å². The number of esters is 1. The predicted octanol–water partition coefficient (Wildman–Crippen LogP) is 4.16. The van der Waals surface area contributed by atoms with Crippen molar-refractivity contribution < 1.29 is 19.4 Å². The van der Waals surface area contributed by atoms with Crippen LogP contribution in [-0.2, 0) is 20.9 Å². The molecular weight excluding hydrogens is 280 g/mol. The van der Waals surface area contributed by atoms with Crippen LogP contribution in [0.4, 0.5) is 0 Å². The van der Waals surface area contributed by atoms with Gasteiger partial charge < -0.3 is 9.84 Å². The second-order valence-electron chi connectivity index (χ2n) is 4.87. The average Bonchev–Trinajstić information content (AvgIpc) is 2.52. The molecule has 0 saturated carbocycles. The molecule has 0 bridgehead atoms. The van der Waals surface area contributed by atoms with E-state index in [4.69, 9.17) is 9.84 Å². The number of aliphatic carboxylic acids is 1. The fourth-order valence-electron chi connectivity index (χ4n) is 1.75. The summed E-state index contributed by atoms with van der Waals surface area (Å²) < 4.78 is 4.93. The first-order valence-corrected chi connectivity index (χ1v) is 7.42. The van der Waals surface area contributed by atoms with Crippen LogP contribution in [0.25, 0.3) is 10.8 Å². The lowest BCUT2D eigenvalue weighted by Gasteiger charge is -2.07. The molecule has 0 saturated heterocycles. The van der Waals surface area contributed by atoms with E-state index in [0.717, 1.165) is 16.3 Å². The van der Waals surface area contributed by atoms with Gasteiger partial charge in [0.1, 0.15) is 13.0 Å². The number of carbonyl (C=O) groups excluding carboxylic acids is 1. The quantitative estimate of drug-likeness (QED) is 0.665. The maximum Gasteiger partial charge on any atom is 0.317 e. The summed E-state index contributed by atoms with van der Waals surface area (Å²) in [7, 11) is 0. The van der Waals surface area contributed by atoms with E-state index < -0.39 is 18.4 Å². The third-order valence-electron chi connectivity index (χ3n) is 3.06. The fourth-order valence-corrected chi connectivity index (χ4v) is 1.75. The first-order valence-electron chi connectivity index (χ1n) is 7.42. The van der Waals surface area contributed by atoms with Gasteiger partial charge in [0.25, 0.3) is 0 Å². The molecular formula is C18H22O4. The summed E-state index contributed by atoms with van der Waals surface area (Å²) in [6.45, 7) is 4.45. The summed E-state index contributed by atoms with van der Waals surface area (Å²) in [5, 5.41) is 10.5. The number of hydrogen-bond acceptors (Lipinski definition) is 3. The van der Waals surface area contributed by atoms with Gasteiger partial charge in [0.2, 0.25) is 0 Å². The number of benzene rings is 2. The minimum absolute atomic E-state index is 0.0907. The zero-order valence-corrected chi connectivity index (χ0v) is 13.0. The third-order valence-corrected chi connectivity index (χ3v) is 3.06. The highest BCUT2D eigenvalue weighted by atomic mass is 16.5.